The highest BCUT2D eigenvalue weighted by Crippen LogP contribution is 2.03. The summed E-state index contributed by atoms with van der Waals surface area (Å²) in [6, 6.07) is 7.08. The molecule has 3 heterocycles. The second kappa shape index (κ2) is 6.86. The van der Waals surface area contributed by atoms with Crippen molar-refractivity contribution in [3.8, 4) is 0 Å². The Hall–Kier alpha value is -0.970. The second-order valence-corrected chi connectivity index (χ2v) is 6.85. The van der Waals surface area contributed by atoms with E-state index in [1.165, 1.54) is 44.7 Å². The van der Waals surface area contributed by atoms with Crippen molar-refractivity contribution in [2.75, 3.05) is 26.2 Å². The van der Waals surface area contributed by atoms with Gasteiger partial charge in [-0.1, -0.05) is 6.07 Å². The standard InChI is InChI=1S/C17H27N3O/c1-14-11-20(12-15(2)21-14)17-6-9-19(10-7-17)13-16-5-3-4-8-18-16/h3-5,8,14-15,17H,6-7,9-13H2,1-2H3/p+2/t14-,15-/m1/s1. The molecule has 2 aliphatic rings. The molecule has 116 valence electrons. The Bertz CT molecular complexity index is 421. The van der Waals surface area contributed by atoms with Crippen LogP contribution in [-0.2, 0) is 11.3 Å². The molecule has 0 spiro atoms. The highest BCUT2D eigenvalue weighted by atomic mass is 16.5. The minimum Gasteiger partial charge on any atom is -0.364 e. The number of likely N-dealkylation sites (tertiary alicyclic amines) is 1. The van der Waals surface area contributed by atoms with Crippen molar-refractivity contribution < 1.29 is 14.5 Å². The van der Waals surface area contributed by atoms with Crippen LogP contribution in [0.25, 0.3) is 0 Å². The maximum absolute atomic E-state index is 5.87. The molecule has 3 rings (SSSR count). The third-order valence-electron chi connectivity index (χ3n) is 4.99. The number of nitrogens with zero attached hydrogens (tertiary/aromatic N) is 1. The number of quaternary nitrogens is 2. The highest BCUT2D eigenvalue weighted by molar-refractivity contribution is 5.01. The molecule has 0 bridgehead atoms. The van der Waals surface area contributed by atoms with Gasteiger partial charge in [0.05, 0.1) is 24.8 Å². The van der Waals surface area contributed by atoms with Crippen LogP contribution in [0.3, 0.4) is 0 Å². The van der Waals surface area contributed by atoms with Gasteiger partial charge in [0.25, 0.3) is 0 Å². The van der Waals surface area contributed by atoms with E-state index in [0.717, 1.165) is 12.6 Å². The van der Waals surface area contributed by atoms with Crippen LogP contribution >= 0.6 is 0 Å². The van der Waals surface area contributed by atoms with Crippen molar-refractivity contribution in [3.05, 3.63) is 30.1 Å². The van der Waals surface area contributed by atoms with E-state index in [4.69, 9.17) is 4.74 Å². The fourth-order valence-electron chi connectivity index (χ4n) is 4.02. The third-order valence-corrected chi connectivity index (χ3v) is 4.99. The van der Waals surface area contributed by atoms with Gasteiger partial charge in [-0.15, -0.1) is 0 Å². The molecule has 2 fully saturated rings. The lowest BCUT2D eigenvalue weighted by Gasteiger charge is -2.39. The van der Waals surface area contributed by atoms with E-state index in [0.29, 0.717) is 12.2 Å². The maximum atomic E-state index is 5.87. The first-order valence-electron chi connectivity index (χ1n) is 8.44. The Morgan fingerprint density at radius 1 is 1.14 bits per heavy atom. The van der Waals surface area contributed by atoms with Crippen LogP contribution in [0.2, 0.25) is 0 Å². The molecule has 0 aliphatic carbocycles. The third kappa shape index (κ3) is 4.02. The molecule has 2 atom stereocenters. The molecule has 2 N–H and O–H groups in total. The summed E-state index contributed by atoms with van der Waals surface area (Å²) in [7, 11) is 0. The maximum Gasteiger partial charge on any atom is 0.120 e. The van der Waals surface area contributed by atoms with Gasteiger partial charge >= 0.3 is 0 Å². The summed E-state index contributed by atoms with van der Waals surface area (Å²) in [6.45, 7) is 10.5. The Kier molecular flexibility index (Phi) is 4.88. The molecule has 4 nitrogen and oxygen atoms in total. The van der Waals surface area contributed by atoms with E-state index >= 15 is 0 Å². The first-order chi connectivity index (χ1) is 10.2. The van der Waals surface area contributed by atoms with Crippen LogP contribution in [0.1, 0.15) is 32.4 Å². The summed E-state index contributed by atoms with van der Waals surface area (Å²) < 4.78 is 5.87. The fraction of sp³-hybridized carbons (Fsp3) is 0.706. The largest absolute Gasteiger partial charge is 0.364 e. The van der Waals surface area contributed by atoms with Gasteiger partial charge in [-0.3, -0.25) is 4.98 Å². The van der Waals surface area contributed by atoms with Crippen LogP contribution < -0.4 is 9.80 Å². The van der Waals surface area contributed by atoms with Gasteiger partial charge in [-0.2, -0.15) is 0 Å². The fourth-order valence-corrected chi connectivity index (χ4v) is 4.02. The number of hydrogen-bond acceptors (Lipinski definition) is 2. The molecule has 0 radical (unpaired) electrons. The van der Waals surface area contributed by atoms with Crippen LogP contribution in [-0.4, -0.2) is 49.4 Å². The van der Waals surface area contributed by atoms with Crippen molar-refractivity contribution in [3.63, 3.8) is 0 Å². The number of hydrogen-bond donors (Lipinski definition) is 2. The lowest BCUT2D eigenvalue weighted by molar-refractivity contribution is -0.970. The molecule has 21 heavy (non-hydrogen) atoms. The minimum absolute atomic E-state index is 0.419. The van der Waals surface area contributed by atoms with Gasteiger partial charge in [0.15, 0.2) is 0 Å². The number of pyridine rings is 1. The van der Waals surface area contributed by atoms with Gasteiger partial charge in [-0.25, -0.2) is 0 Å². The Morgan fingerprint density at radius 2 is 1.86 bits per heavy atom. The zero-order valence-corrected chi connectivity index (χ0v) is 13.3. The molecule has 4 heteroatoms. The van der Waals surface area contributed by atoms with Crippen LogP contribution in [0.5, 0.6) is 0 Å². The van der Waals surface area contributed by atoms with E-state index in [1.54, 1.807) is 9.80 Å². The minimum atomic E-state index is 0.419. The number of piperidine rings is 1. The Labute approximate surface area is 128 Å². The average molecular weight is 291 g/mol. The molecule has 1 aromatic rings. The number of rotatable bonds is 3. The molecular weight excluding hydrogens is 262 g/mol. The van der Waals surface area contributed by atoms with Crippen LogP contribution in [0, 0.1) is 0 Å². The summed E-state index contributed by atoms with van der Waals surface area (Å²) in [5.41, 5.74) is 1.23. The summed E-state index contributed by atoms with van der Waals surface area (Å²) in [4.78, 5) is 7.93. The normalized spacial score (nSPS) is 37.3. The summed E-state index contributed by atoms with van der Waals surface area (Å²) in [5, 5.41) is 0. The zero-order chi connectivity index (χ0) is 14.7. The second-order valence-electron chi connectivity index (χ2n) is 6.85. The van der Waals surface area contributed by atoms with Crippen LogP contribution in [0.4, 0.5) is 0 Å². The van der Waals surface area contributed by atoms with Crippen LogP contribution in [0.15, 0.2) is 24.4 Å². The number of morpholine rings is 1. The molecule has 2 saturated heterocycles. The van der Waals surface area contributed by atoms with Gasteiger partial charge in [-0.05, 0) is 26.0 Å². The number of nitrogens with one attached hydrogen (secondary N) is 2. The molecule has 0 amide bonds. The van der Waals surface area contributed by atoms with E-state index in [-0.39, 0.29) is 0 Å². The highest BCUT2D eigenvalue weighted by Gasteiger charge is 2.35. The quantitative estimate of drug-likeness (QED) is 0.773. The molecule has 0 saturated carbocycles. The van der Waals surface area contributed by atoms with Crippen molar-refractivity contribution in [2.24, 2.45) is 0 Å². The van der Waals surface area contributed by atoms with Gasteiger partial charge in [0.1, 0.15) is 31.8 Å². The molecular formula is C17H29N3O+2. The van der Waals surface area contributed by atoms with Crippen molar-refractivity contribution in [2.45, 2.75) is 51.5 Å². The zero-order valence-electron chi connectivity index (χ0n) is 13.3. The molecule has 0 aromatic carbocycles. The van der Waals surface area contributed by atoms with Crippen molar-refractivity contribution in [1.82, 2.24) is 4.98 Å². The summed E-state index contributed by atoms with van der Waals surface area (Å²) >= 11 is 0. The van der Waals surface area contributed by atoms with E-state index in [1.807, 2.05) is 12.3 Å². The number of ether oxygens (including phenoxy) is 1. The summed E-state index contributed by atoms with van der Waals surface area (Å²) in [5.74, 6) is 0. The predicted octanol–water partition coefficient (Wildman–Crippen LogP) is -0.679. The van der Waals surface area contributed by atoms with Crippen molar-refractivity contribution >= 4 is 0 Å². The smallest absolute Gasteiger partial charge is 0.120 e. The first kappa shape index (κ1) is 14.9. The lowest BCUT2D eigenvalue weighted by Crippen LogP contribution is -3.22. The SMILES string of the molecule is C[C@@H]1C[NH+](C2CC[NH+](Cc3ccccn3)CC2)C[C@@H](C)O1. The van der Waals surface area contributed by atoms with E-state index < -0.39 is 0 Å². The Morgan fingerprint density at radius 3 is 2.48 bits per heavy atom. The number of aromatic nitrogens is 1. The lowest BCUT2D eigenvalue weighted by atomic mass is 10.0. The van der Waals surface area contributed by atoms with Gasteiger partial charge in [0.2, 0.25) is 0 Å². The molecule has 1 aromatic heterocycles. The van der Waals surface area contributed by atoms with Crippen molar-refractivity contribution in [1.29, 1.82) is 0 Å². The van der Waals surface area contributed by atoms with Gasteiger partial charge < -0.3 is 14.5 Å². The average Bonchev–Trinajstić information content (AvgIpc) is 2.48. The predicted molar refractivity (Wildman–Crippen MR) is 82.4 cm³/mol. The summed E-state index contributed by atoms with van der Waals surface area (Å²) in [6.07, 6.45) is 5.43. The first-order valence-corrected chi connectivity index (χ1v) is 8.44. The molecule has 2 aliphatic heterocycles. The van der Waals surface area contributed by atoms with Gasteiger partial charge in [0, 0.05) is 19.0 Å². The molecule has 0 unspecified atom stereocenters. The monoisotopic (exact) mass is 291 g/mol. The Balaban J connectivity index is 1.48. The van der Waals surface area contributed by atoms with E-state index in [2.05, 4.69) is 31.0 Å². The topological polar surface area (TPSA) is 31.0 Å². The van der Waals surface area contributed by atoms with E-state index in [9.17, 15) is 0 Å².